The summed E-state index contributed by atoms with van der Waals surface area (Å²) < 4.78 is 36.6. The number of unbranched alkanes of at least 4 members (excludes halogenated alkanes) is 1. The molecule has 2 aliphatic heterocycles. The van der Waals surface area contributed by atoms with Gasteiger partial charge in [0, 0.05) is 25.7 Å². The molecule has 0 spiro atoms. The molecular weight excluding hydrogens is 815 g/mol. The van der Waals surface area contributed by atoms with Gasteiger partial charge in [-0.05, 0) is 108 Å². The predicted molar refractivity (Wildman–Crippen MR) is 244 cm³/mol. The first-order chi connectivity index (χ1) is 27.9. The average molecular weight is 893 g/mol. The van der Waals surface area contributed by atoms with Gasteiger partial charge < -0.3 is 29.8 Å². The quantitative estimate of drug-likeness (QED) is 0.0704. The van der Waals surface area contributed by atoms with Crippen molar-refractivity contribution >= 4 is 55.4 Å². The van der Waals surface area contributed by atoms with Crippen molar-refractivity contribution in [3.05, 3.63) is 12.2 Å². The third-order valence-corrected chi connectivity index (χ3v) is 15.1. The van der Waals surface area contributed by atoms with Crippen LogP contribution >= 0.6 is 25.8 Å². The Morgan fingerprint density at radius 2 is 1.71 bits per heavy atom. The van der Waals surface area contributed by atoms with Crippen LogP contribution in [0.25, 0.3) is 0 Å². The van der Waals surface area contributed by atoms with Gasteiger partial charge in [0.1, 0.15) is 0 Å². The molecule has 2 fully saturated rings. The summed E-state index contributed by atoms with van der Waals surface area (Å²) in [5, 5.41) is 14.3. The van der Waals surface area contributed by atoms with Gasteiger partial charge in [0.25, 0.3) is 0 Å². The summed E-state index contributed by atoms with van der Waals surface area (Å²) in [5.41, 5.74) is 0.666. The van der Waals surface area contributed by atoms with Crippen LogP contribution in [0.4, 0.5) is 0 Å². The zero-order valence-corrected chi connectivity index (χ0v) is 39.2. The van der Waals surface area contributed by atoms with Gasteiger partial charge in [0.15, 0.2) is 0 Å². The third-order valence-electron chi connectivity index (χ3n) is 11.7. The fourth-order valence-electron chi connectivity index (χ4n) is 8.37. The first-order valence-electron chi connectivity index (χ1n) is 22.6. The number of aliphatic hydroxyl groups excluding tert-OH is 1. The topological polar surface area (TPSA) is 165 Å². The Morgan fingerprint density at radius 3 is 2.52 bits per heavy atom. The minimum atomic E-state index is -3.67. The molecule has 1 saturated carbocycles. The number of fused-ring (bicyclic) bond motifs is 5. The average Bonchev–Trinajstić information content (AvgIpc) is 3.60. The van der Waals surface area contributed by atoms with Crippen LogP contribution < -0.4 is 5.84 Å². The summed E-state index contributed by atoms with van der Waals surface area (Å²) in [5.74, 6) is 6.81. The van der Waals surface area contributed by atoms with Crippen LogP contribution in [-0.4, -0.2) is 83.4 Å². The number of aliphatic hydroxyl groups is 1. The maximum Gasteiger partial charge on any atom is 0.386 e. The highest BCUT2D eigenvalue weighted by Gasteiger charge is 2.36. The van der Waals surface area contributed by atoms with Crippen LogP contribution in [0.3, 0.4) is 0 Å². The van der Waals surface area contributed by atoms with Gasteiger partial charge in [-0.2, -0.15) is 5.10 Å². The van der Waals surface area contributed by atoms with Crippen molar-refractivity contribution in [2.24, 2.45) is 27.8 Å². The highest BCUT2D eigenvalue weighted by atomic mass is 32.7. The number of hydrogen-bond donors (Lipinski definition) is 4. The van der Waals surface area contributed by atoms with E-state index in [1.54, 1.807) is 11.1 Å². The van der Waals surface area contributed by atoms with E-state index in [4.69, 9.17) is 35.7 Å². The van der Waals surface area contributed by atoms with E-state index in [1.165, 1.54) is 64.2 Å². The molecule has 4 N–H and O–H groups in total. The highest BCUT2D eigenvalue weighted by molar-refractivity contribution is 8.44. The largest absolute Gasteiger partial charge is 0.391 e. The number of nitrogens with two attached hydrogens (primary N) is 1. The van der Waals surface area contributed by atoms with Crippen molar-refractivity contribution in [2.75, 3.05) is 26.3 Å². The summed E-state index contributed by atoms with van der Waals surface area (Å²) in [6.07, 6.45) is 29.5. The van der Waals surface area contributed by atoms with Gasteiger partial charge in [-0.3, -0.25) is 18.8 Å². The first kappa shape index (κ1) is 51.7. The van der Waals surface area contributed by atoms with E-state index in [-0.39, 0.29) is 37.7 Å². The van der Waals surface area contributed by atoms with Crippen LogP contribution in [0.15, 0.2) is 22.2 Å². The van der Waals surface area contributed by atoms with E-state index < -0.39 is 25.7 Å². The SMILES string of the molecule is CCCCC1CCCCCC=CCC2CCCCC(CCC2)OP(O)(=S)OCCCCCC(=NN)C=NCCCC(=O)N2C[C@@H](O)C[C@H]2COP(=O)(S)O[C@@H](C)CC1. The van der Waals surface area contributed by atoms with Crippen molar-refractivity contribution in [3.63, 3.8) is 0 Å². The molecule has 1 saturated heterocycles. The van der Waals surface area contributed by atoms with Gasteiger partial charge in [-0.25, -0.2) is 4.57 Å². The normalized spacial score (nSPS) is 35.1. The molecule has 16 heteroatoms. The highest BCUT2D eigenvalue weighted by Crippen LogP contribution is 2.55. The zero-order valence-electron chi connectivity index (χ0n) is 35.7. The summed E-state index contributed by atoms with van der Waals surface area (Å²) in [4.78, 5) is 30.0. The van der Waals surface area contributed by atoms with Crippen LogP contribution in [0.5, 0.6) is 0 Å². The summed E-state index contributed by atoms with van der Waals surface area (Å²) in [6.45, 7) is -1.87. The molecule has 2 heterocycles. The van der Waals surface area contributed by atoms with Gasteiger partial charge in [-0.1, -0.05) is 108 Å². The summed E-state index contributed by atoms with van der Waals surface area (Å²) in [6, 6.07) is -0.412. The Hall–Kier alpha value is -0.660. The molecule has 3 rings (SSSR count). The van der Waals surface area contributed by atoms with Gasteiger partial charge in [0.05, 0.1) is 43.3 Å². The molecule has 0 aromatic heterocycles. The number of hydrogen-bond acceptors (Lipinski definition) is 11. The van der Waals surface area contributed by atoms with Crippen molar-refractivity contribution in [2.45, 2.75) is 199 Å². The number of aliphatic imine (C=N–C) groups is 1. The number of amides is 1. The minimum Gasteiger partial charge on any atom is -0.391 e. The Bertz CT molecular complexity index is 1340. The van der Waals surface area contributed by atoms with E-state index in [1.807, 2.05) is 6.92 Å². The summed E-state index contributed by atoms with van der Waals surface area (Å²) >= 11 is 9.69. The third kappa shape index (κ3) is 23.0. The van der Waals surface area contributed by atoms with Gasteiger partial charge >= 0.3 is 13.5 Å². The number of hydrazone groups is 1. The monoisotopic (exact) mass is 892 g/mol. The molecular formula is C42H78N4O8P2S2. The molecule has 58 heavy (non-hydrogen) atoms. The lowest BCUT2D eigenvalue weighted by Gasteiger charge is -2.26. The number of nitrogens with zero attached hydrogens (tertiary/aromatic N) is 3. The van der Waals surface area contributed by atoms with Crippen LogP contribution in [0.2, 0.25) is 0 Å². The summed E-state index contributed by atoms with van der Waals surface area (Å²) in [7, 11) is 0. The Labute approximate surface area is 361 Å². The number of thiol groups is 1. The second kappa shape index (κ2) is 29.6. The Balaban J connectivity index is 1.57. The molecule has 0 aromatic carbocycles. The Kier molecular flexibility index (Phi) is 26.4. The standard InChI is InChI=1S/C42H78N4O8P2S2/c1-3-4-18-37-20-11-8-6-5-7-10-19-36-21-13-14-24-41(25-16-22-36)54-55(49,57)51-30-15-9-12-23-38(45-43)32-44-29-17-26-42(48)46-33-40(47)31-39(46)34-52-56(50,58)53-35(2)27-28-37/h7,10,32,35-37,39-41,47H,3-6,8-9,11-31,33-34,43H2,1-2H3,(H,49,57)(H,50,58)/t35-,36?,37?,39-,40-,41?,55?,56?/m0/s1. The molecule has 0 aromatic rings. The fraction of sp³-hybridized carbons (Fsp3) is 0.881. The van der Waals surface area contributed by atoms with E-state index >= 15 is 0 Å². The predicted octanol–water partition coefficient (Wildman–Crippen LogP) is 10.6. The second-order valence-corrected chi connectivity index (χ2v) is 22.5. The van der Waals surface area contributed by atoms with Gasteiger partial charge in [0.2, 0.25) is 5.91 Å². The van der Waals surface area contributed by atoms with E-state index in [0.717, 1.165) is 70.6 Å². The lowest BCUT2D eigenvalue weighted by Crippen LogP contribution is -2.38. The minimum absolute atomic E-state index is 0.0181. The number of allylic oxidation sites excluding steroid dienone is 2. The van der Waals surface area contributed by atoms with E-state index in [2.05, 4.69) is 41.4 Å². The number of rotatable bonds is 3. The first-order valence-corrected chi connectivity index (χ1v) is 27.9. The lowest BCUT2D eigenvalue weighted by molar-refractivity contribution is -0.133. The zero-order chi connectivity index (χ0) is 42.1. The van der Waals surface area contributed by atoms with Crippen molar-refractivity contribution in [3.8, 4) is 0 Å². The Morgan fingerprint density at radius 1 is 0.948 bits per heavy atom. The molecule has 12 nitrogen and oxygen atoms in total. The molecule has 0 radical (unpaired) electrons. The van der Waals surface area contributed by atoms with E-state index in [0.29, 0.717) is 50.0 Å². The lowest BCUT2D eigenvalue weighted by atomic mass is 9.90. The second-order valence-electron chi connectivity index (χ2n) is 16.9. The maximum absolute atomic E-state index is 13.3. The molecule has 3 aliphatic rings. The molecule has 5 unspecified atom stereocenters. The maximum atomic E-state index is 13.3. The number of carbonyl (C=O) groups excluding carboxylic acids is 1. The van der Waals surface area contributed by atoms with Gasteiger partial charge in [-0.15, -0.1) is 0 Å². The molecule has 2 bridgehead atoms. The number of carbonyl (C=O) groups is 1. The van der Waals surface area contributed by atoms with Crippen LogP contribution in [0.1, 0.15) is 174 Å². The van der Waals surface area contributed by atoms with Crippen molar-refractivity contribution in [1.82, 2.24) is 4.90 Å². The van der Waals surface area contributed by atoms with E-state index in [9.17, 15) is 19.4 Å². The molecule has 1 amide bonds. The smallest absolute Gasteiger partial charge is 0.386 e. The van der Waals surface area contributed by atoms with Crippen LogP contribution in [-0.2, 0) is 39.3 Å². The van der Waals surface area contributed by atoms with Crippen LogP contribution in [0, 0.1) is 11.8 Å². The van der Waals surface area contributed by atoms with Crippen molar-refractivity contribution < 1.29 is 37.5 Å². The molecule has 336 valence electrons. The van der Waals surface area contributed by atoms with Crippen molar-refractivity contribution in [1.29, 1.82) is 0 Å². The molecule has 8 atom stereocenters. The fourth-order valence-corrected chi connectivity index (χ4v) is 11.6. The molecule has 1 aliphatic carbocycles.